The number of hydrogen-bond acceptors (Lipinski definition) is 1. The van der Waals surface area contributed by atoms with Crippen molar-refractivity contribution in [3.8, 4) is 0 Å². The number of hydrogen-bond donors (Lipinski definition) is 1. The summed E-state index contributed by atoms with van der Waals surface area (Å²) in [6.45, 7) is -2.64. The zero-order valence-electron chi connectivity index (χ0n) is 10.0. The van der Waals surface area contributed by atoms with Gasteiger partial charge in [0.15, 0.2) is 6.17 Å². The van der Waals surface area contributed by atoms with Crippen LogP contribution in [0.3, 0.4) is 0 Å². The lowest BCUT2D eigenvalue weighted by Crippen LogP contribution is -2.71. The Morgan fingerprint density at radius 3 is 1.13 bits per heavy atom. The summed E-state index contributed by atoms with van der Waals surface area (Å²) in [5.74, 6) is -38.6. The highest BCUT2D eigenvalue weighted by Gasteiger charge is 2.91. The quantitative estimate of drug-likeness (QED) is 0.688. The van der Waals surface area contributed by atoms with Crippen molar-refractivity contribution in [2.45, 2.75) is 42.0 Å². The molecule has 0 aromatic heterocycles. The first-order valence-corrected chi connectivity index (χ1v) is 4.94. The van der Waals surface area contributed by atoms with E-state index in [0.29, 0.717) is 0 Å². The summed E-state index contributed by atoms with van der Waals surface area (Å²) in [6, 6.07) is 0. The predicted molar refractivity (Wildman–Crippen MR) is 42.8 cm³/mol. The summed E-state index contributed by atoms with van der Waals surface area (Å²) in [6.07, 6.45) is -12.2. The minimum absolute atomic E-state index is 2.64. The third-order valence-electron chi connectivity index (χ3n) is 2.51. The monoisotopic (exact) mass is 382 g/mol. The first kappa shape index (κ1) is 22.0. The lowest BCUT2D eigenvalue weighted by atomic mass is 9.92. The van der Waals surface area contributed by atoms with Gasteiger partial charge < -0.3 is 5.11 Å². The van der Waals surface area contributed by atoms with Crippen LogP contribution in [0.25, 0.3) is 0 Å². The van der Waals surface area contributed by atoms with Crippen molar-refractivity contribution in [2.75, 3.05) is 6.61 Å². The summed E-state index contributed by atoms with van der Waals surface area (Å²) < 4.78 is 174. The molecule has 0 rings (SSSR count). The van der Waals surface area contributed by atoms with Crippen molar-refractivity contribution in [2.24, 2.45) is 0 Å². The molecule has 0 aliphatic carbocycles. The van der Waals surface area contributed by atoms with E-state index in [1.807, 2.05) is 0 Å². The van der Waals surface area contributed by atoms with Gasteiger partial charge in [0.25, 0.3) is 0 Å². The van der Waals surface area contributed by atoms with Gasteiger partial charge in [-0.05, 0) is 0 Å². The summed E-state index contributed by atoms with van der Waals surface area (Å²) in [4.78, 5) is 0. The van der Waals surface area contributed by atoms with E-state index in [0.717, 1.165) is 0 Å². The molecule has 0 aromatic rings. The van der Waals surface area contributed by atoms with Crippen LogP contribution in [0.2, 0.25) is 0 Å². The van der Waals surface area contributed by atoms with Gasteiger partial charge in [0, 0.05) is 0 Å². The molecule has 15 heteroatoms. The lowest BCUT2D eigenvalue weighted by Gasteiger charge is -2.40. The summed E-state index contributed by atoms with van der Waals surface area (Å²) >= 11 is 0. The van der Waals surface area contributed by atoms with E-state index in [4.69, 9.17) is 5.11 Å². The molecule has 0 radical (unpaired) electrons. The van der Waals surface area contributed by atoms with Gasteiger partial charge in [-0.2, -0.15) is 57.1 Å². The van der Waals surface area contributed by atoms with Crippen molar-refractivity contribution < 1.29 is 66.6 Å². The van der Waals surface area contributed by atoms with Crippen molar-refractivity contribution in [3.05, 3.63) is 0 Å². The molecule has 0 amide bonds. The Balaban J connectivity index is 6.25. The smallest absolute Gasteiger partial charge is 0.393 e. The number of aliphatic hydroxyl groups is 1. The van der Waals surface area contributed by atoms with Crippen molar-refractivity contribution in [3.63, 3.8) is 0 Å². The van der Waals surface area contributed by atoms with Crippen LogP contribution in [0.5, 0.6) is 0 Å². The fourth-order valence-corrected chi connectivity index (χ4v) is 1.09. The van der Waals surface area contributed by atoms with Crippen LogP contribution in [0.4, 0.5) is 61.5 Å². The first-order valence-electron chi connectivity index (χ1n) is 4.94. The van der Waals surface area contributed by atoms with E-state index in [-0.39, 0.29) is 0 Å². The second-order valence-corrected chi connectivity index (χ2v) is 4.07. The molecule has 1 unspecified atom stereocenters. The van der Waals surface area contributed by atoms with Crippen LogP contribution in [0.15, 0.2) is 0 Å². The number of alkyl halides is 14. The molecule has 0 saturated carbocycles. The van der Waals surface area contributed by atoms with Crippen molar-refractivity contribution >= 4 is 0 Å². The van der Waals surface area contributed by atoms with Crippen LogP contribution in [-0.4, -0.2) is 53.7 Å². The third-order valence-corrected chi connectivity index (χ3v) is 2.51. The van der Waals surface area contributed by atoms with Gasteiger partial charge in [-0.25, -0.2) is 4.39 Å². The number of rotatable bonds is 6. The maximum atomic E-state index is 12.8. The van der Waals surface area contributed by atoms with Crippen LogP contribution < -0.4 is 0 Å². The van der Waals surface area contributed by atoms with Gasteiger partial charge in [-0.15, -0.1) is 0 Å². The normalized spacial score (nSPS) is 17.3. The maximum Gasteiger partial charge on any atom is 0.460 e. The van der Waals surface area contributed by atoms with Gasteiger partial charge in [0.1, 0.15) is 0 Å². The molecule has 0 aliphatic heterocycles. The van der Waals surface area contributed by atoms with Gasteiger partial charge in [-0.3, -0.25) is 0 Å². The molecule has 0 fully saturated rings. The Morgan fingerprint density at radius 1 is 0.565 bits per heavy atom. The summed E-state index contributed by atoms with van der Waals surface area (Å²) in [5.41, 5.74) is 0. The molecule has 1 N–H and O–H groups in total. The zero-order valence-corrected chi connectivity index (χ0v) is 10.0. The average Bonchev–Trinajstić information content (AvgIpc) is 2.35. The maximum absolute atomic E-state index is 12.8. The Bertz CT molecular complexity index is 423. The SMILES string of the molecule is OCC(F)C(F)(F)C(F)(F)C(F)(F)C(F)(F)C(F)(F)C(F)(F)F. The van der Waals surface area contributed by atoms with Gasteiger partial charge in [0.05, 0.1) is 6.61 Å². The van der Waals surface area contributed by atoms with Crippen molar-refractivity contribution in [1.82, 2.24) is 0 Å². The summed E-state index contributed by atoms with van der Waals surface area (Å²) in [7, 11) is 0. The largest absolute Gasteiger partial charge is 0.460 e. The highest BCUT2D eigenvalue weighted by molar-refractivity contribution is 5.11. The van der Waals surface area contributed by atoms with Gasteiger partial charge >= 0.3 is 35.8 Å². The third kappa shape index (κ3) is 2.80. The molecule has 0 spiro atoms. The Labute approximate surface area is 116 Å². The molecule has 0 bridgehead atoms. The van der Waals surface area contributed by atoms with E-state index >= 15 is 0 Å². The number of aliphatic hydroxyl groups excluding tert-OH is 1. The van der Waals surface area contributed by atoms with Crippen LogP contribution in [-0.2, 0) is 0 Å². The molecule has 1 nitrogen and oxygen atoms in total. The van der Waals surface area contributed by atoms with Gasteiger partial charge in [0.2, 0.25) is 0 Å². The van der Waals surface area contributed by atoms with E-state index < -0.39 is 48.6 Å². The molecular formula is C8H4F14O. The average molecular weight is 382 g/mol. The van der Waals surface area contributed by atoms with Crippen molar-refractivity contribution in [1.29, 1.82) is 0 Å². The van der Waals surface area contributed by atoms with Gasteiger partial charge in [-0.1, -0.05) is 0 Å². The molecule has 23 heavy (non-hydrogen) atoms. The molecule has 140 valence electrons. The topological polar surface area (TPSA) is 20.2 Å². The van der Waals surface area contributed by atoms with E-state index in [2.05, 4.69) is 0 Å². The second kappa shape index (κ2) is 5.51. The Morgan fingerprint density at radius 2 is 0.870 bits per heavy atom. The molecule has 0 aliphatic rings. The van der Waals surface area contributed by atoms with E-state index in [9.17, 15) is 61.5 Å². The Kier molecular flexibility index (Phi) is 5.27. The highest BCUT2D eigenvalue weighted by atomic mass is 19.4. The molecule has 0 saturated heterocycles. The molecule has 0 aromatic carbocycles. The standard InChI is InChI=1S/C8H4F14O/c9-2(1-23)3(10,11)4(12,13)5(14,15)6(16,17)7(18,19)8(20,21)22/h2,23H,1H2. The molecule has 1 atom stereocenters. The minimum Gasteiger partial charge on any atom is -0.393 e. The summed E-state index contributed by atoms with van der Waals surface area (Å²) in [5, 5.41) is 7.84. The predicted octanol–water partition coefficient (Wildman–Crippen LogP) is 4.06. The number of halogens is 14. The second-order valence-electron chi connectivity index (χ2n) is 4.07. The van der Waals surface area contributed by atoms with Crippen LogP contribution >= 0.6 is 0 Å². The fraction of sp³-hybridized carbons (Fsp3) is 1.00. The van der Waals surface area contributed by atoms with Crippen LogP contribution in [0.1, 0.15) is 0 Å². The van der Waals surface area contributed by atoms with E-state index in [1.54, 1.807) is 0 Å². The minimum atomic E-state index is -8.07. The first-order chi connectivity index (χ1) is 9.73. The lowest BCUT2D eigenvalue weighted by molar-refractivity contribution is -0.443. The fourth-order valence-electron chi connectivity index (χ4n) is 1.09. The zero-order chi connectivity index (χ0) is 19.3. The Hall–Kier alpha value is -1.02. The molecular weight excluding hydrogens is 378 g/mol. The van der Waals surface area contributed by atoms with E-state index in [1.165, 1.54) is 0 Å². The van der Waals surface area contributed by atoms with Crippen LogP contribution in [0, 0.1) is 0 Å². The molecule has 0 heterocycles. The highest BCUT2D eigenvalue weighted by Crippen LogP contribution is 2.60.